The van der Waals surface area contributed by atoms with Crippen molar-refractivity contribution in [1.29, 1.82) is 0 Å². The Balaban J connectivity index is 1.99. The van der Waals surface area contributed by atoms with Gasteiger partial charge in [0.25, 0.3) is 6.43 Å². The fraction of sp³-hybridized carbons (Fsp3) is 1.00. The Morgan fingerprint density at radius 3 is 2.50 bits per heavy atom. The molecule has 0 radical (unpaired) electrons. The number of nitrogens with one attached hydrogen (secondary N) is 1. The monoisotopic (exact) mass is 288 g/mol. The number of halogens is 2. The topological polar surface area (TPSA) is 15.3 Å². The maximum Gasteiger partial charge on any atom is 0.251 e. The molecule has 1 heterocycles. The van der Waals surface area contributed by atoms with E-state index in [0.717, 1.165) is 19.5 Å². The Morgan fingerprint density at radius 2 is 1.90 bits per heavy atom. The molecule has 4 heteroatoms. The molecule has 2 nitrogen and oxygen atoms in total. The smallest absolute Gasteiger partial charge is 0.251 e. The van der Waals surface area contributed by atoms with Crippen LogP contribution < -0.4 is 5.32 Å². The first-order chi connectivity index (χ1) is 9.61. The molecule has 1 saturated carbocycles. The Hall–Kier alpha value is -0.220. The van der Waals surface area contributed by atoms with Gasteiger partial charge in [0.1, 0.15) is 0 Å². The molecule has 0 spiro atoms. The Kier molecular flexibility index (Phi) is 6.21. The lowest BCUT2D eigenvalue weighted by atomic mass is 9.81. The van der Waals surface area contributed by atoms with Crippen LogP contribution in [0.25, 0.3) is 0 Å². The highest BCUT2D eigenvalue weighted by molar-refractivity contribution is 4.92. The first-order valence-electron chi connectivity index (χ1n) is 8.37. The molecule has 20 heavy (non-hydrogen) atoms. The van der Waals surface area contributed by atoms with E-state index < -0.39 is 6.43 Å². The largest absolute Gasteiger partial charge is 0.311 e. The molecule has 118 valence electrons. The highest BCUT2D eigenvalue weighted by Crippen LogP contribution is 2.31. The van der Waals surface area contributed by atoms with Gasteiger partial charge in [-0.15, -0.1) is 0 Å². The molecule has 0 aromatic rings. The predicted molar refractivity (Wildman–Crippen MR) is 79.2 cm³/mol. The summed E-state index contributed by atoms with van der Waals surface area (Å²) in [5, 5.41) is 3.63. The van der Waals surface area contributed by atoms with E-state index in [4.69, 9.17) is 0 Å². The second-order valence-corrected chi connectivity index (χ2v) is 6.71. The lowest BCUT2D eigenvalue weighted by Gasteiger charge is -2.46. The molecule has 0 aromatic carbocycles. The van der Waals surface area contributed by atoms with Crippen molar-refractivity contribution >= 4 is 0 Å². The van der Waals surface area contributed by atoms with Crippen LogP contribution in [-0.2, 0) is 0 Å². The Bertz CT molecular complexity index is 280. The summed E-state index contributed by atoms with van der Waals surface area (Å²) in [4.78, 5) is 2.09. The minimum Gasteiger partial charge on any atom is -0.311 e. The molecule has 3 unspecified atom stereocenters. The van der Waals surface area contributed by atoms with Gasteiger partial charge >= 0.3 is 0 Å². The number of hydrogen-bond acceptors (Lipinski definition) is 2. The predicted octanol–water partition coefficient (Wildman–Crippen LogP) is 3.52. The lowest BCUT2D eigenvalue weighted by molar-refractivity contribution is 0.00910. The number of hydrogen-bond donors (Lipinski definition) is 1. The summed E-state index contributed by atoms with van der Waals surface area (Å²) >= 11 is 0. The molecule has 1 saturated heterocycles. The van der Waals surface area contributed by atoms with Gasteiger partial charge in [0, 0.05) is 25.2 Å². The third kappa shape index (κ3) is 4.14. The van der Waals surface area contributed by atoms with Crippen molar-refractivity contribution in [2.45, 2.75) is 70.9 Å². The maximum absolute atomic E-state index is 12.9. The van der Waals surface area contributed by atoms with Gasteiger partial charge in [-0.1, -0.05) is 39.5 Å². The molecule has 3 atom stereocenters. The van der Waals surface area contributed by atoms with Crippen LogP contribution in [0, 0.1) is 11.8 Å². The van der Waals surface area contributed by atoms with Crippen LogP contribution >= 0.6 is 0 Å². The SMILES string of the molecule is CCC(C)C1CN(CC(F)F)C(C2CCCCC2)CN1. The van der Waals surface area contributed by atoms with E-state index in [0.29, 0.717) is 23.9 Å². The summed E-state index contributed by atoms with van der Waals surface area (Å²) in [6.45, 7) is 6.04. The van der Waals surface area contributed by atoms with Gasteiger partial charge in [-0.05, 0) is 24.7 Å². The van der Waals surface area contributed by atoms with E-state index in [2.05, 4.69) is 24.1 Å². The highest BCUT2D eigenvalue weighted by atomic mass is 19.3. The van der Waals surface area contributed by atoms with Crippen LogP contribution in [0.2, 0.25) is 0 Å². The first kappa shape index (κ1) is 16.2. The van der Waals surface area contributed by atoms with E-state index in [9.17, 15) is 8.78 Å². The zero-order valence-corrected chi connectivity index (χ0v) is 13.0. The molecular weight excluding hydrogens is 258 g/mol. The molecule has 0 amide bonds. The number of rotatable bonds is 5. The average Bonchev–Trinajstić information content (AvgIpc) is 2.46. The van der Waals surface area contributed by atoms with Crippen molar-refractivity contribution in [3.63, 3.8) is 0 Å². The van der Waals surface area contributed by atoms with Crippen LogP contribution in [0.5, 0.6) is 0 Å². The molecule has 1 aliphatic carbocycles. The van der Waals surface area contributed by atoms with E-state index >= 15 is 0 Å². The first-order valence-corrected chi connectivity index (χ1v) is 8.37. The summed E-state index contributed by atoms with van der Waals surface area (Å²) in [5.74, 6) is 1.18. The zero-order chi connectivity index (χ0) is 14.5. The van der Waals surface area contributed by atoms with Gasteiger partial charge in [-0.25, -0.2) is 8.78 Å². The molecule has 1 N–H and O–H groups in total. The molecule has 1 aliphatic heterocycles. The van der Waals surface area contributed by atoms with Gasteiger partial charge in [-0.2, -0.15) is 0 Å². The number of piperazine rings is 1. The molecule has 2 aliphatic rings. The van der Waals surface area contributed by atoms with Crippen LogP contribution in [0.3, 0.4) is 0 Å². The van der Waals surface area contributed by atoms with E-state index in [1.54, 1.807) is 0 Å². The summed E-state index contributed by atoms with van der Waals surface area (Å²) in [6, 6.07) is 0.697. The highest BCUT2D eigenvalue weighted by Gasteiger charge is 2.36. The molecule has 2 fully saturated rings. The fourth-order valence-electron chi connectivity index (χ4n) is 3.89. The van der Waals surface area contributed by atoms with Crippen molar-refractivity contribution in [1.82, 2.24) is 10.2 Å². The van der Waals surface area contributed by atoms with Crippen molar-refractivity contribution in [2.75, 3.05) is 19.6 Å². The van der Waals surface area contributed by atoms with Gasteiger partial charge in [0.2, 0.25) is 0 Å². The van der Waals surface area contributed by atoms with Gasteiger partial charge < -0.3 is 5.32 Å². The van der Waals surface area contributed by atoms with Crippen LogP contribution in [0.4, 0.5) is 8.78 Å². The van der Waals surface area contributed by atoms with E-state index in [1.165, 1.54) is 32.1 Å². The molecule has 2 rings (SSSR count). The minimum atomic E-state index is -2.21. The van der Waals surface area contributed by atoms with Gasteiger partial charge in [0.15, 0.2) is 0 Å². The van der Waals surface area contributed by atoms with Crippen molar-refractivity contribution in [3.05, 3.63) is 0 Å². The second kappa shape index (κ2) is 7.69. The number of nitrogens with zero attached hydrogens (tertiary/aromatic N) is 1. The maximum atomic E-state index is 12.9. The molecule has 0 bridgehead atoms. The minimum absolute atomic E-state index is 0.0459. The van der Waals surface area contributed by atoms with Crippen molar-refractivity contribution in [3.8, 4) is 0 Å². The van der Waals surface area contributed by atoms with Gasteiger partial charge in [0.05, 0.1) is 6.54 Å². The third-order valence-corrected chi connectivity index (χ3v) is 5.39. The normalized spacial score (nSPS) is 31.6. The van der Waals surface area contributed by atoms with Crippen LogP contribution in [0.15, 0.2) is 0 Å². The summed E-state index contributed by atoms with van der Waals surface area (Å²) in [6.07, 6.45) is 5.21. The van der Waals surface area contributed by atoms with Crippen molar-refractivity contribution < 1.29 is 8.78 Å². The van der Waals surface area contributed by atoms with Crippen LogP contribution in [-0.4, -0.2) is 43.0 Å². The summed E-state index contributed by atoms with van der Waals surface area (Å²) < 4.78 is 25.8. The van der Waals surface area contributed by atoms with E-state index in [1.807, 2.05) is 0 Å². The summed E-state index contributed by atoms with van der Waals surface area (Å²) in [5.41, 5.74) is 0. The van der Waals surface area contributed by atoms with Crippen LogP contribution in [0.1, 0.15) is 52.4 Å². The zero-order valence-electron chi connectivity index (χ0n) is 13.0. The molecular formula is C16H30F2N2. The number of alkyl halides is 2. The van der Waals surface area contributed by atoms with Crippen molar-refractivity contribution in [2.24, 2.45) is 11.8 Å². The second-order valence-electron chi connectivity index (χ2n) is 6.71. The average molecular weight is 288 g/mol. The quantitative estimate of drug-likeness (QED) is 0.832. The Labute approximate surface area is 122 Å². The fourth-order valence-corrected chi connectivity index (χ4v) is 3.89. The van der Waals surface area contributed by atoms with E-state index in [-0.39, 0.29) is 6.54 Å². The lowest BCUT2D eigenvalue weighted by Crippen LogP contribution is -2.61. The summed E-state index contributed by atoms with van der Waals surface area (Å²) in [7, 11) is 0. The van der Waals surface area contributed by atoms with Gasteiger partial charge in [-0.3, -0.25) is 4.90 Å². The third-order valence-electron chi connectivity index (χ3n) is 5.39. The standard InChI is InChI=1S/C16H30F2N2/c1-3-12(2)14-10-20(11-16(17)18)15(9-19-14)13-7-5-4-6-8-13/h12-16,19H,3-11H2,1-2H3. The molecule has 0 aromatic heterocycles. The Morgan fingerprint density at radius 1 is 1.20 bits per heavy atom.